The van der Waals surface area contributed by atoms with Crippen LogP contribution in [0.25, 0.3) is 0 Å². The summed E-state index contributed by atoms with van der Waals surface area (Å²) in [5, 5.41) is 8.25. The first-order valence-corrected chi connectivity index (χ1v) is 5.93. The van der Waals surface area contributed by atoms with Crippen LogP contribution in [0.2, 0.25) is 0 Å². The Morgan fingerprint density at radius 2 is 1.56 bits per heavy atom. The molecule has 4 nitrogen and oxygen atoms in total. The number of rotatable bonds is 5. The Balaban J connectivity index is 2.00. The second-order valence-corrected chi connectivity index (χ2v) is 3.75. The van der Waals surface area contributed by atoms with Crippen LogP contribution in [-0.2, 0) is 0 Å². The number of aromatic nitrogens is 1. The van der Waals surface area contributed by atoms with Crippen LogP contribution < -0.4 is 4.74 Å². The van der Waals surface area contributed by atoms with Crippen molar-refractivity contribution in [1.29, 1.82) is 0 Å². The first-order chi connectivity index (χ1) is 8.88. The monoisotopic (exact) mass is 241 g/mol. The lowest BCUT2D eigenvalue weighted by molar-refractivity contribution is 0.317. The molecule has 0 atom stereocenters. The smallest absolute Gasteiger partial charge is 0.119 e. The number of ether oxygens (including phenoxy) is 1. The summed E-state index contributed by atoms with van der Waals surface area (Å²) in [6.07, 6.45) is 4.38. The standard InChI is InChI=1S/C14H15N3O/c1-2-11-18-14-5-3-12(4-6-14)16-17-13-7-9-15-10-8-13/h3-10H,2,11H2,1H3. The molecule has 92 valence electrons. The van der Waals surface area contributed by atoms with E-state index in [1.165, 1.54) is 0 Å². The summed E-state index contributed by atoms with van der Waals surface area (Å²) < 4.78 is 5.49. The highest BCUT2D eigenvalue weighted by atomic mass is 16.5. The van der Waals surface area contributed by atoms with Gasteiger partial charge in [0.25, 0.3) is 0 Å². The van der Waals surface area contributed by atoms with E-state index in [-0.39, 0.29) is 0 Å². The normalized spacial score (nSPS) is 10.7. The molecule has 0 amide bonds. The molecule has 2 rings (SSSR count). The van der Waals surface area contributed by atoms with Crippen LogP contribution in [0.15, 0.2) is 59.0 Å². The van der Waals surface area contributed by atoms with Gasteiger partial charge in [0.2, 0.25) is 0 Å². The third kappa shape index (κ3) is 3.66. The van der Waals surface area contributed by atoms with Crippen LogP contribution in [-0.4, -0.2) is 11.6 Å². The lowest BCUT2D eigenvalue weighted by Crippen LogP contribution is -1.93. The highest BCUT2D eigenvalue weighted by Gasteiger charge is 1.94. The minimum Gasteiger partial charge on any atom is -0.494 e. The molecular formula is C14H15N3O. The molecular weight excluding hydrogens is 226 g/mol. The second-order valence-electron chi connectivity index (χ2n) is 3.75. The number of benzene rings is 1. The topological polar surface area (TPSA) is 46.8 Å². The SMILES string of the molecule is CCCOc1ccc(N=Nc2ccncc2)cc1. The van der Waals surface area contributed by atoms with Crippen molar-refractivity contribution in [2.75, 3.05) is 6.61 Å². The number of pyridine rings is 1. The summed E-state index contributed by atoms with van der Waals surface area (Å²) in [4.78, 5) is 3.92. The molecule has 0 aliphatic carbocycles. The summed E-state index contributed by atoms with van der Waals surface area (Å²) in [5.74, 6) is 0.861. The Kier molecular flexibility index (Phi) is 4.41. The van der Waals surface area contributed by atoms with Crippen molar-refractivity contribution in [2.45, 2.75) is 13.3 Å². The molecule has 18 heavy (non-hydrogen) atoms. The minimum atomic E-state index is 0.734. The van der Waals surface area contributed by atoms with Gasteiger partial charge in [0.05, 0.1) is 18.0 Å². The molecule has 0 aliphatic rings. The van der Waals surface area contributed by atoms with Gasteiger partial charge in [-0.2, -0.15) is 10.2 Å². The van der Waals surface area contributed by atoms with Gasteiger partial charge >= 0.3 is 0 Å². The average Bonchev–Trinajstić information content (AvgIpc) is 2.45. The highest BCUT2D eigenvalue weighted by molar-refractivity contribution is 5.42. The zero-order valence-corrected chi connectivity index (χ0v) is 10.3. The molecule has 4 heteroatoms. The Morgan fingerprint density at radius 3 is 2.17 bits per heavy atom. The Hall–Kier alpha value is -2.23. The van der Waals surface area contributed by atoms with Crippen molar-refractivity contribution in [3.8, 4) is 5.75 Å². The fourth-order valence-electron chi connectivity index (χ4n) is 1.36. The molecule has 0 radical (unpaired) electrons. The Labute approximate surface area is 106 Å². The summed E-state index contributed by atoms with van der Waals surface area (Å²) in [7, 11) is 0. The molecule has 0 bridgehead atoms. The number of nitrogens with zero attached hydrogens (tertiary/aromatic N) is 3. The van der Waals surface area contributed by atoms with Crippen LogP contribution in [0.1, 0.15) is 13.3 Å². The maximum absolute atomic E-state index is 5.49. The zero-order valence-electron chi connectivity index (χ0n) is 10.3. The molecule has 2 aromatic rings. The van der Waals surface area contributed by atoms with Crippen LogP contribution in [0.4, 0.5) is 11.4 Å². The van der Waals surface area contributed by atoms with E-state index in [2.05, 4.69) is 22.1 Å². The summed E-state index contributed by atoms with van der Waals surface area (Å²) in [6.45, 7) is 2.81. The number of hydrogen-bond acceptors (Lipinski definition) is 4. The predicted octanol–water partition coefficient (Wildman–Crippen LogP) is 4.29. The molecule has 0 unspecified atom stereocenters. The average molecular weight is 241 g/mol. The van der Waals surface area contributed by atoms with Crippen LogP contribution in [0.5, 0.6) is 5.75 Å². The molecule has 0 N–H and O–H groups in total. The largest absolute Gasteiger partial charge is 0.494 e. The fraction of sp³-hybridized carbons (Fsp3) is 0.214. The van der Waals surface area contributed by atoms with E-state index >= 15 is 0 Å². The number of hydrogen-bond donors (Lipinski definition) is 0. The van der Waals surface area contributed by atoms with Gasteiger partial charge in [0, 0.05) is 12.4 Å². The maximum atomic E-state index is 5.49. The van der Waals surface area contributed by atoms with E-state index < -0.39 is 0 Å². The highest BCUT2D eigenvalue weighted by Crippen LogP contribution is 2.20. The lowest BCUT2D eigenvalue weighted by atomic mass is 10.3. The van der Waals surface area contributed by atoms with Crippen molar-refractivity contribution < 1.29 is 4.74 Å². The van der Waals surface area contributed by atoms with Gasteiger partial charge in [-0.1, -0.05) is 6.92 Å². The van der Waals surface area contributed by atoms with Crippen molar-refractivity contribution in [3.05, 3.63) is 48.8 Å². The van der Waals surface area contributed by atoms with Gasteiger partial charge in [0.15, 0.2) is 0 Å². The van der Waals surface area contributed by atoms with E-state index in [1.54, 1.807) is 12.4 Å². The van der Waals surface area contributed by atoms with Gasteiger partial charge < -0.3 is 4.74 Å². The molecule has 1 heterocycles. The third-order valence-corrected chi connectivity index (χ3v) is 2.25. The first kappa shape index (κ1) is 12.2. The Morgan fingerprint density at radius 1 is 0.944 bits per heavy atom. The maximum Gasteiger partial charge on any atom is 0.119 e. The van der Waals surface area contributed by atoms with E-state index in [0.717, 1.165) is 30.2 Å². The molecule has 1 aromatic heterocycles. The molecule has 0 fully saturated rings. The summed E-state index contributed by atoms with van der Waals surface area (Å²) in [6, 6.07) is 11.2. The van der Waals surface area contributed by atoms with Crippen LogP contribution >= 0.6 is 0 Å². The predicted molar refractivity (Wildman–Crippen MR) is 70.6 cm³/mol. The molecule has 0 spiro atoms. The summed E-state index contributed by atoms with van der Waals surface area (Å²) in [5.41, 5.74) is 1.59. The van der Waals surface area contributed by atoms with Gasteiger partial charge in [-0.05, 0) is 42.8 Å². The van der Waals surface area contributed by atoms with Gasteiger partial charge in [0.1, 0.15) is 5.75 Å². The second kappa shape index (κ2) is 6.49. The molecule has 1 aromatic carbocycles. The van der Waals surface area contributed by atoms with Gasteiger partial charge in [-0.15, -0.1) is 0 Å². The fourth-order valence-corrected chi connectivity index (χ4v) is 1.36. The molecule has 0 saturated heterocycles. The minimum absolute atomic E-state index is 0.734. The van der Waals surface area contributed by atoms with Crippen molar-refractivity contribution in [3.63, 3.8) is 0 Å². The quantitative estimate of drug-likeness (QED) is 0.733. The van der Waals surface area contributed by atoms with E-state index in [1.807, 2.05) is 36.4 Å². The van der Waals surface area contributed by atoms with Crippen LogP contribution in [0.3, 0.4) is 0 Å². The summed E-state index contributed by atoms with van der Waals surface area (Å²) >= 11 is 0. The van der Waals surface area contributed by atoms with E-state index in [9.17, 15) is 0 Å². The van der Waals surface area contributed by atoms with E-state index in [4.69, 9.17) is 4.74 Å². The van der Waals surface area contributed by atoms with Crippen molar-refractivity contribution >= 4 is 11.4 Å². The van der Waals surface area contributed by atoms with Crippen LogP contribution in [0, 0.1) is 0 Å². The van der Waals surface area contributed by atoms with Gasteiger partial charge in [-0.25, -0.2) is 0 Å². The Bertz CT molecular complexity index is 494. The number of azo groups is 1. The van der Waals surface area contributed by atoms with Crippen molar-refractivity contribution in [1.82, 2.24) is 4.98 Å². The molecule has 0 saturated carbocycles. The van der Waals surface area contributed by atoms with Crippen molar-refractivity contribution in [2.24, 2.45) is 10.2 Å². The zero-order chi connectivity index (χ0) is 12.6. The third-order valence-electron chi connectivity index (χ3n) is 2.25. The van der Waals surface area contributed by atoms with E-state index in [0.29, 0.717) is 0 Å². The molecule has 0 aliphatic heterocycles. The lowest BCUT2D eigenvalue weighted by Gasteiger charge is -2.03. The van der Waals surface area contributed by atoms with Gasteiger partial charge in [-0.3, -0.25) is 4.98 Å². The first-order valence-electron chi connectivity index (χ1n) is 5.93.